The summed E-state index contributed by atoms with van der Waals surface area (Å²) in [6, 6.07) is 3.89. The van der Waals surface area contributed by atoms with Gasteiger partial charge in [-0.05, 0) is 37.5 Å². The molecule has 0 radical (unpaired) electrons. The molecule has 1 saturated heterocycles. The summed E-state index contributed by atoms with van der Waals surface area (Å²) in [6.07, 6.45) is 3.32. The van der Waals surface area contributed by atoms with Gasteiger partial charge in [-0.15, -0.1) is 5.10 Å². The van der Waals surface area contributed by atoms with Gasteiger partial charge >= 0.3 is 0 Å². The minimum absolute atomic E-state index is 0.303. The lowest BCUT2D eigenvalue weighted by atomic mass is 10.2. The molecular weight excluding hydrogens is 264 g/mol. The Kier molecular flexibility index (Phi) is 2.93. The fourth-order valence-electron chi connectivity index (χ4n) is 2.35. The fraction of sp³-hybridized carbons (Fsp3) is 0.500. The second-order valence-electron chi connectivity index (χ2n) is 4.95. The van der Waals surface area contributed by atoms with Crippen LogP contribution in [0.25, 0.3) is 5.65 Å². The van der Waals surface area contributed by atoms with Crippen LogP contribution >= 0.6 is 0 Å². The monoisotopic (exact) mass is 280 g/mol. The Morgan fingerprint density at radius 1 is 1.53 bits per heavy atom. The number of anilines is 1. The van der Waals surface area contributed by atoms with Gasteiger partial charge in [0.1, 0.15) is 0 Å². The van der Waals surface area contributed by atoms with Gasteiger partial charge in [-0.25, -0.2) is 12.9 Å². The van der Waals surface area contributed by atoms with E-state index in [0.29, 0.717) is 18.2 Å². The summed E-state index contributed by atoms with van der Waals surface area (Å²) in [5.41, 5.74) is 1.88. The van der Waals surface area contributed by atoms with Gasteiger partial charge in [-0.3, -0.25) is 0 Å². The summed E-state index contributed by atoms with van der Waals surface area (Å²) in [5.74, 6) is 0.782. The van der Waals surface area contributed by atoms with E-state index in [0.717, 1.165) is 24.1 Å². The van der Waals surface area contributed by atoms with E-state index >= 15 is 0 Å². The summed E-state index contributed by atoms with van der Waals surface area (Å²) in [6.45, 7) is 2.38. The minimum atomic E-state index is -2.92. The van der Waals surface area contributed by atoms with Crippen molar-refractivity contribution in [2.75, 3.05) is 17.6 Å². The van der Waals surface area contributed by atoms with Crippen molar-refractivity contribution >= 4 is 21.4 Å². The molecule has 6 nitrogen and oxygen atoms in total. The summed E-state index contributed by atoms with van der Waals surface area (Å²) in [7, 11) is -2.92. The first-order valence-electron chi connectivity index (χ1n) is 6.33. The van der Waals surface area contributed by atoms with Gasteiger partial charge in [0.2, 0.25) is 5.95 Å². The van der Waals surface area contributed by atoms with E-state index < -0.39 is 9.84 Å². The van der Waals surface area contributed by atoms with Crippen molar-refractivity contribution in [3.63, 3.8) is 0 Å². The van der Waals surface area contributed by atoms with Crippen LogP contribution in [-0.2, 0) is 9.84 Å². The minimum Gasteiger partial charge on any atom is -0.352 e. The number of hydrogen-bond acceptors (Lipinski definition) is 5. The molecule has 7 heteroatoms. The highest BCUT2D eigenvalue weighted by Crippen LogP contribution is 2.20. The SMILES string of the molecule is Cc1ccn2nc(NCC3CCCS3(=O)=O)nc2c1. The number of sulfone groups is 1. The van der Waals surface area contributed by atoms with E-state index in [1.165, 1.54) is 0 Å². The Hall–Kier alpha value is -1.63. The molecule has 0 bridgehead atoms. The van der Waals surface area contributed by atoms with Crippen molar-refractivity contribution in [2.45, 2.75) is 25.0 Å². The van der Waals surface area contributed by atoms with E-state index in [2.05, 4.69) is 15.4 Å². The average Bonchev–Trinajstić information content (AvgIpc) is 2.88. The molecule has 1 aliphatic rings. The first kappa shape index (κ1) is 12.4. The van der Waals surface area contributed by atoms with Gasteiger partial charge in [0.25, 0.3) is 0 Å². The number of nitrogens with zero attached hydrogens (tertiary/aromatic N) is 3. The van der Waals surface area contributed by atoms with Crippen molar-refractivity contribution in [3.05, 3.63) is 23.9 Å². The van der Waals surface area contributed by atoms with Gasteiger partial charge < -0.3 is 5.32 Å². The van der Waals surface area contributed by atoms with E-state index in [-0.39, 0.29) is 5.25 Å². The maximum Gasteiger partial charge on any atom is 0.243 e. The molecule has 19 heavy (non-hydrogen) atoms. The Labute approximate surface area is 111 Å². The van der Waals surface area contributed by atoms with Gasteiger partial charge in [0.05, 0.1) is 11.0 Å². The normalized spacial score (nSPS) is 21.8. The third-order valence-electron chi connectivity index (χ3n) is 3.44. The maximum atomic E-state index is 11.7. The van der Waals surface area contributed by atoms with Gasteiger partial charge in [-0.2, -0.15) is 4.98 Å². The molecule has 1 unspecified atom stereocenters. The van der Waals surface area contributed by atoms with Gasteiger partial charge in [0, 0.05) is 12.7 Å². The molecule has 102 valence electrons. The quantitative estimate of drug-likeness (QED) is 0.908. The number of nitrogens with one attached hydrogen (secondary N) is 1. The van der Waals surface area contributed by atoms with Crippen LogP contribution in [-0.4, -0.2) is 40.6 Å². The molecule has 0 aliphatic carbocycles. The lowest BCUT2D eigenvalue weighted by molar-refractivity contribution is 0.591. The van der Waals surface area contributed by atoms with Crippen molar-refractivity contribution in [1.82, 2.24) is 14.6 Å². The smallest absolute Gasteiger partial charge is 0.243 e. The number of rotatable bonds is 3. The molecule has 1 N–H and O–H groups in total. The van der Waals surface area contributed by atoms with E-state index in [1.807, 2.05) is 25.3 Å². The third-order valence-corrected chi connectivity index (χ3v) is 5.72. The topological polar surface area (TPSA) is 76.4 Å². The van der Waals surface area contributed by atoms with Crippen LogP contribution in [0.5, 0.6) is 0 Å². The lowest BCUT2D eigenvalue weighted by Gasteiger charge is -2.08. The van der Waals surface area contributed by atoms with Crippen LogP contribution in [0.3, 0.4) is 0 Å². The standard InChI is InChI=1S/C12H16N4O2S/c1-9-4-5-16-11(7-9)14-12(15-16)13-8-10-3-2-6-19(10,17)18/h4-5,7,10H,2-3,6,8H2,1H3,(H,13,15). The first-order chi connectivity index (χ1) is 9.04. The zero-order chi connectivity index (χ0) is 13.5. The van der Waals surface area contributed by atoms with E-state index in [4.69, 9.17) is 0 Å². The summed E-state index contributed by atoms with van der Waals surface area (Å²) in [4.78, 5) is 4.33. The number of pyridine rings is 1. The Balaban J connectivity index is 1.75. The number of fused-ring (bicyclic) bond motifs is 1. The van der Waals surface area contributed by atoms with Gasteiger partial charge in [-0.1, -0.05) is 0 Å². The summed E-state index contributed by atoms with van der Waals surface area (Å²) < 4.78 is 25.1. The van der Waals surface area contributed by atoms with Crippen molar-refractivity contribution < 1.29 is 8.42 Å². The van der Waals surface area contributed by atoms with Crippen LogP contribution < -0.4 is 5.32 Å². The largest absolute Gasteiger partial charge is 0.352 e. The third kappa shape index (κ3) is 2.42. The molecule has 0 saturated carbocycles. The fourth-order valence-corrected chi connectivity index (χ4v) is 4.12. The molecule has 1 atom stereocenters. The Morgan fingerprint density at radius 2 is 2.37 bits per heavy atom. The molecule has 2 aromatic rings. The van der Waals surface area contributed by atoms with Crippen molar-refractivity contribution in [2.24, 2.45) is 0 Å². The number of hydrogen-bond donors (Lipinski definition) is 1. The molecule has 1 aliphatic heterocycles. The zero-order valence-corrected chi connectivity index (χ0v) is 11.5. The van der Waals surface area contributed by atoms with Crippen molar-refractivity contribution in [1.29, 1.82) is 0 Å². The zero-order valence-electron chi connectivity index (χ0n) is 10.7. The van der Waals surface area contributed by atoms with Crippen LogP contribution in [0.2, 0.25) is 0 Å². The predicted octanol–water partition coefficient (Wildman–Crippen LogP) is 1.03. The average molecular weight is 280 g/mol. The van der Waals surface area contributed by atoms with Crippen molar-refractivity contribution in [3.8, 4) is 0 Å². The second kappa shape index (κ2) is 4.48. The molecule has 1 fully saturated rings. The number of aryl methyl sites for hydroxylation is 1. The molecule has 3 heterocycles. The molecule has 0 aromatic carbocycles. The van der Waals surface area contributed by atoms with E-state index in [1.54, 1.807) is 4.52 Å². The molecular formula is C12H16N4O2S. The highest BCUT2D eigenvalue weighted by atomic mass is 32.2. The lowest BCUT2D eigenvalue weighted by Crippen LogP contribution is -2.25. The molecule has 2 aromatic heterocycles. The Bertz CT molecular complexity index is 708. The second-order valence-corrected chi connectivity index (χ2v) is 7.36. The Morgan fingerprint density at radius 3 is 3.11 bits per heavy atom. The first-order valence-corrected chi connectivity index (χ1v) is 8.05. The highest BCUT2D eigenvalue weighted by Gasteiger charge is 2.31. The maximum absolute atomic E-state index is 11.7. The predicted molar refractivity (Wildman–Crippen MR) is 73.0 cm³/mol. The van der Waals surface area contributed by atoms with Crippen LogP contribution in [0.4, 0.5) is 5.95 Å². The van der Waals surface area contributed by atoms with Gasteiger partial charge in [0.15, 0.2) is 15.5 Å². The van der Waals surface area contributed by atoms with E-state index in [9.17, 15) is 8.42 Å². The molecule has 0 amide bonds. The molecule has 3 rings (SSSR count). The van der Waals surface area contributed by atoms with Crippen LogP contribution in [0.1, 0.15) is 18.4 Å². The van der Waals surface area contributed by atoms with Crippen LogP contribution in [0, 0.1) is 6.92 Å². The van der Waals surface area contributed by atoms with Crippen LogP contribution in [0.15, 0.2) is 18.3 Å². The summed E-state index contributed by atoms with van der Waals surface area (Å²) >= 11 is 0. The molecule has 0 spiro atoms. The summed E-state index contributed by atoms with van der Waals surface area (Å²) in [5, 5.41) is 6.99. The highest BCUT2D eigenvalue weighted by molar-refractivity contribution is 7.92. The number of aromatic nitrogens is 3.